The van der Waals surface area contributed by atoms with Gasteiger partial charge < -0.3 is 24.1 Å². The van der Waals surface area contributed by atoms with Gasteiger partial charge in [-0.25, -0.2) is 0 Å². The first-order chi connectivity index (χ1) is 17.4. The Kier molecular flexibility index (Phi) is 9.09. The van der Waals surface area contributed by atoms with Gasteiger partial charge in [-0.1, -0.05) is 17.7 Å². The fourth-order valence-electron chi connectivity index (χ4n) is 4.16. The van der Waals surface area contributed by atoms with Crippen LogP contribution in [0, 0.1) is 6.92 Å². The highest BCUT2D eigenvalue weighted by Crippen LogP contribution is 2.29. The second kappa shape index (κ2) is 12.5. The highest BCUT2D eigenvalue weighted by Gasteiger charge is 2.33. The molecular formula is C27H34ClN3O5. The van der Waals surface area contributed by atoms with Crippen LogP contribution in [-0.4, -0.2) is 72.0 Å². The van der Waals surface area contributed by atoms with E-state index in [9.17, 15) is 5.11 Å². The third-order valence-electron chi connectivity index (χ3n) is 5.95. The first-order valence-corrected chi connectivity index (χ1v) is 12.5. The molecule has 36 heavy (non-hydrogen) atoms. The number of aryl methyl sites for hydroxylation is 2. The number of methoxy groups -OCH3 is 1. The molecule has 1 aliphatic rings. The van der Waals surface area contributed by atoms with Gasteiger partial charge in [-0.05, 0) is 54.4 Å². The predicted octanol–water partition coefficient (Wildman–Crippen LogP) is 3.96. The molecule has 9 heteroatoms. The third-order valence-corrected chi connectivity index (χ3v) is 6.20. The van der Waals surface area contributed by atoms with Crippen molar-refractivity contribution < 1.29 is 24.1 Å². The maximum atomic E-state index is 11.2. The lowest BCUT2D eigenvalue weighted by atomic mass is 10.1. The fraction of sp³-hybridized carbons (Fsp3) is 0.444. The van der Waals surface area contributed by atoms with Crippen LogP contribution in [0.5, 0.6) is 17.2 Å². The number of benzene rings is 2. The van der Waals surface area contributed by atoms with E-state index in [1.807, 2.05) is 42.2 Å². The van der Waals surface area contributed by atoms with Gasteiger partial charge in [0, 0.05) is 43.8 Å². The van der Waals surface area contributed by atoms with Gasteiger partial charge in [0.05, 0.1) is 33.1 Å². The number of aliphatic hydroxyl groups is 1. The number of hydrogen-bond donors (Lipinski definition) is 1. The Morgan fingerprint density at radius 1 is 1.14 bits per heavy atom. The number of hydrogen-bond acceptors (Lipinski definition) is 7. The highest BCUT2D eigenvalue weighted by atomic mass is 35.5. The highest BCUT2D eigenvalue weighted by molar-refractivity contribution is 6.30. The van der Waals surface area contributed by atoms with E-state index in [2.05, 4.69) is 10.00 Å². The van der Waals surface area contributed by atoms with Crippen molar-refractivity contribution in [1.29, 1.82) is 0 Å². The summed E-state index contributed by atoms with van der Waals surface area (Å²) in [4.78, 5) is 2.17. The van der Waals surface area contributed by atoms with Crippen LogP contribution in [0.4, 0.5) is 0 Å². The molecule has 1 fully saturated rings. The summed E-state index contributed by atoms with van der Waals surface area (Å²) in [5.74, 6) is 2.06. The van der Waals surface area contributed by atoms with Crippen LogP contribution in [0.2, 0.25) is 5.02 Å². The van der Waals surface area contributed by atoms with E-state index in [0.29, 0.717) is 55.1 Å². The number of aromatic nitrogens is 2. The second-order valence-corrected chi connectivity index (χ2v) is 9.63. The van der Waals surface area contributed by atoms with Crippen molar-refractivity contribution in [3.05, 3.63) is 71.0 Å². The minimum absolute atomic E-state index is 0.123. The van der Waals surface area contributed by atoms with Gasteiger partial charge in [0.1, 0.15) is 18.0 Å². The maximum absolute atomic E-state index is 11.2. The van der Waals surface area contributed by atoms with Gasteiger partial charge in [0.25, 0.3) is 0 Å². The third kappa shape index (κ3) is 7.61. The zero-order valence-electron chi connectivity index (χ0n) is 20.9. The molecule has 0 unspecified atom stereocenters. The van der Waals surface area contributed by atoms with Gasteiger partial charge >= 0.3 is 0 Å². The van der Waals surface area contributed by atoms with Crippen LogP contribution in [-0.2, 0) is 17.8 Å². The van der Waals surface area contributed by atoms with Crippen LogP contribution in [0.1, 0.15) is 17.5 Å². The molecule has 194 valence electrons. The van der Waals surface area contributed by atoms with Crippen molar-refractivity contribution in [3.63, 3.8) is 0 Å². The molecular weight excluding hydrogens is 482 g/mol. The molecule has 0 aliphatic carbocycles. The van der Waals surface area contributed by atoms with Crippen LogP contribution in [0.3, 0.4) is 0 Å². The van der Waals surface area contributed by atoms with Gasteiger partial charge in [-0.15, -0.1) is 0 Å². The Bertz CT molecular complexity index is 1110. The minimum atomic E-state index is -1.13. The van der Waals surface area contributed by atoms with Crippen molar-refractivity contribution in [2.75, 3.05) is 46.6 Å². The van der Waals surface area contributed by atoms with E-state index >= 15 is 0 Å². The molecule has 0 spiro atoms. The normalized spacial score (nSPS) is 18.6. The lowest BCUT2D eigenvalue weighted by Crippen LogP contribution is -2.48. The molecule has 2 aromatic carbocycles. The maximum Gasteiger partial charge on any atom is 0.161 e. The van der Waals surface area contributed by atoms with Crippen LogP contribution in [0.15, 0.2) is 54.9 Å². The molecule has 0 saturated carbocycles. The largest absolute Gasteiger partial charge is 0.493 e. The zero-order valence-corrected chi connectivity index (χ0v) is 21.6. The summed E-state index contributed by atoms with van der Waals surface area (Å²) >= 11 is 5.95. The summed E-state index contributed by atoms with van der Waals surface area (Å²) in [6.45, 7) is 6.01. The topological polar surface area (TPSA) is 78.2 Å². The van der Waals surface area contributed by atoms with Crippen LogP contribution in [0.25, 0.3) is 0 Å². The van der Waals surface area contributed by atoms with Gasteiger partial charge in [0.2, 0.25) is 0 Å². The molecule has 0 bridgehead atoms. The number of nitrogens with zero attached hydrogens (tertiary/aromatic N) is 3. The molecule has 8 nitrogen and oxygen atoms in total. The number of β-amino-alcohol motifs (C(OH)–C–C–N with tert-alkyl or cyclic N) is 1. The Balaban J connectivity index is 1.34. The van der Waals surface area contributed by atoms with E-state index in [0.717, 1.165) is 24.1 Å². The Morgan fingerprint density at radius 3 is 2.72 bits per heavy atom. The SMILES string of the molecule is COc1ccc(CN2CCOC[C@@](O)(COc3ccc(Cl)cc3)C2)cc1OCCCn1cc(C)cn1. The summed E-state index contributed by atoms with van der Waals surface area (Å²) in [6, 6.07) is 13.0. The zero-order chi connectivity index (χ0) is 25.4. The molecule has 4 rings (SSSR count). The van der Waals surface area contributed by atoms with E-state index in [1.54, 1.807) is 31.4 Å². The standard InChI is InChI=1S/C27H34ClN3O5/c1-21-15-29-31(16-21)10-3-12-35-26-14-22(4-9-25(26)33-2)17-30-11-13-34-19-27(32,18-30)20-36-24-7-5-23(28)6-8-24/h4-9,14-16,32H,3,10-13,17-20H2,1-2H3/t27-/m1/s1. The molecule has 1 atom stereocenters. The number of halogens is 1. The van der Waals surface area contributed by atoms with Crippen LogP contribution < -0.4 is 14.2 Å². The average molecular weight is 516 g/mol. The lowest BCUT2D eigenvalue weighted by molar-refractivity contribution is -0.0646. The van der Waals surface area contributed by atoms with Gasteiger partial charge in [-0.3, -0.25) is 9.58 Å². The molecule has 3 aromatic rings. The predicted molar refractivity (Wildman–Crippen MR) is 138 cm³/mol. The minimum Gasteiger partial charge on any atom is -0.493 e. The molecule has 1 saturated heterocycles. The average Bonchev–Trinajstić information content (AvgIpc) is 3.19. The monoisotopic (exact) mass is 515 g/mol. The van der Waals surface area contributed by atoms with E-state index in [1.165, 1.54) is 0 Å². The molecule has 1 aromatic heterocycles. The van der Waals surface area contributed by atoms with Gasteiger partial charge in [-0.2, -0.15) is 5.10 Å². The summed E-state index contributed by atoms with van der Waals surface area (Å²) < 4.78 is 25.0. The molecule has 0 radical (unpaired) electrons. The number of ether oxygens (including phenoxy) is 4. The number of rotatable bonds is 11. The lowest BCUT2D eigenvalue weighted by Gasteiger charge is -2.30. The van der Waals surface area contributed by atoms with E-state index in [4.69, 9.17) is 30.5 Å². The van der Waals surface area contributed by atoms with Crippen molar-refractivity contribution in [2.24, 2.45) is 0 Å². The van der Waals surface area contributed by atoms with Crippen molar-refractivity contribution >= 4 is 11.6 Å². The van der Waals surface area contributed by atoms with E-state index in [-0.39, 0.29) is 13.2 Å². The summed E-state index contributed by atoms with van der Waals surface area (Å²) in [7, 11) is 1.64. The first kappa shape index (κ1) is 26.3. The Labute approximate surface area is 217 Å². The quantitative estimate of drug-likeness (QED) is 0.387. The Hall–Kier alpha value is -2.78. The summed E-state index contributed by atoms with van der Waals surface area (Å²) in [5, 5.41) is 16.2. The first-order valence-electron chi connectivity index (χ1n) is 12.1. The van der Waals surface area contributed by atoms with Crippen molar-refractivity contribution in [3.8, 4) is 17.2 Å². The second-order valence-electron chi connectivity index (χ2n) is 9.20. The summed E-state index contributed by atoms with van der Waals surface area (Å²) in [6.07, 6.45) is 4.71. The molecule has 0 amide bonds. The van der Waals surface area contributed by atoms with E-state index < -0.39 is 5.60 Å². The van der Waals surface area contributed by atoms with Crippen LogP contribution >= 0.6 is 11.6 Å². The van der Waals surface area contributed by atoms with Crippen molar-refractivity contribution in [2.45, 2.75) is 32.0 Å². The Morgan fingerprint density at radius 2 is 1.97 bits per heavy atom. The van der Waals surface area contributed by atoms with Crippen molar-refractivity contribution in [1.82, 2.24) is 14.7 Å². The molecule has 2 heterocycles. The summed E-state index contributed by atoms with van der Waals surface area (Å²) in [5.41, 5.74) is 1.08. The molecule has 1 aliphatic heterocycles. The fourth-order valence-corrected chi connectivity index (χ4v) is 4.28. The van der Waals surface area contributed by atoms with Gasteiger partial charge in [0.15, 0.2) is 11.5 Å². The molecule has 1 N–H and O–H groups in total. The smallest absolute Gasteiger partial charge is 0.161 e.